The van der Waals surface area contributed by atoms with Gasteiger partial charge in [-0.1, -0.05) is 19.1 Å². The normalized spacial score (nSPS) is 19.6. The molecule has 0 radical (unpaired) electrons. The summed E-state index contributed by atoms with van der Waals surface area (Å²) in [5.41, 5.74) is 1.45. The van der Waals surface area contributed by atoms with Crippen molar-refractivity contribution in [2.45, 2.75) is 57.8 Å². The quantitative estimate of drug-likeness (QED) is 0.613. The summed E-state index contributed by atoms with van der Waals surface area (Å²) >= 11 is 0. The number of fused-ring (bicyclic) bond motifs is 1. The number of amides is 1. The Morgan fingerprint density at radius 1 is 1.28 bits per heavy atom. The molecule has 1 aliphatic carbocycles. The lowest BCUT2D eigenvalue weighted by Crippen LogP contribution is -2.43. The van der Waals surface area contributed by atoms with Crippen LogP contribution < -0.4 is 14.8 Å². The summed E-state index contributed by atoms with van der Waals surface area (Å²) in [5.74, 6) is 2.08. The van der Waals surface area contributed by atoms with Gasteiger partial charge in [-0.25, -0.2) is 4.98 Å². The van der Waals surface area contributed by atoms with Crippen LogP contribution in [0.4, 0.5) is 8.78 Å². The van der Waals surface area contributed by atoms with E-state index in [-0.39, 0.29) is 18.3 Å². The SMILES string of the molecule is C[C@@H](Cc1ncc2c(n1)O[C@H](C(=O)N[C@H](CO)c1ccc(OC(F)F)cc1)CC2)C1CC1. The summed E-state index contributed by atoms with van der Waals surface area (Å²) in [4.78, 5) is 21.8. The number of halogens is 2. The van der Waals surface area contributed by atoms with Crippen LogP contribution in [0.2, 0.25) is 0 Å². The molecule has 1 aromatic heterocycles. The van der Waals surface area contributed by atoms with E-state index in [0.717, 1.165) is 23.7 Å². The predicted octanol–water partition coefficient (Wildman–Crippen LogP) is 3.21. The molecular weight excluding hydrogens is 420 g/mol. The van der Waals surface area contributed by atoms with E-state index in [2.05, 4.69) is 26.9 Å². The number of nitrogens with zero attached hydrogens (tertiary/aromatic N) is 2. The largest absolute Gasteiger partial charge is 0.464 e. The predicted molar refractivity (Wildman–Crippen MR) is 111 cm³/mol. The highest BCUT2D eigenvalue weighted by molar-refractivity contribution is 5.81. The zero-order chi connectivity index (χ0) is 22.7. The number of carbonyl (C=O) groups is 1. The summed E-state index contributed by atoms with van der Waals surface area (Å²) in [6, 6.07) is 5.08. The molecule has 0 unspecified atom stereocenters. The van der Waals surface area contributed by atoms with E-state index in [1.807, 2.05) is 0 Å². The molecule has 1 fully saturated rings. The van der Waals surface area contributed by atoms with Crippen molar-refractivity contribution in [2.75, 3.05) is 6.61 Å². The molecule has 9 heteroatoms. The minimum atomic E-state index is -2.92. The van der Waals surface area contributed by atoms with E-state index in [1.54, 1.807) is 6.20 Å². The van der Waals surface area contributed by atoms with Gasteiger partial charge in [-0.15, -0.1) is 0 Å². The van der Waals surface area contributed by atoms with E-state index in [9.17, 15) is 18.7 Å². The van der Waals surface area contributed by atoms with Crippen molar-refractivity contribution in [2.24, 2.45) is 11.8 Å². The maximum Gasteiger partial charge on any atom is 0.387 e. The number of alkyl halides is 2. The van der Waals surface area contributed by atoms with Crippen molar-refractivity contribution in [3.63, 3.8) is 0 Å². The number of ether oxygens (including phenoxy) is 2. The molecule has 0 spiro atoms. The maximum absolute atomic E-state index is 12.8. The fraction of sp³-hybridized carbons (Fsp3) is 0.522. The second-order valence-electron chi connectivity index (χ2n) is 8.47. The standard InChI is InChI=1S/C23H27F2N3O4/c1-13(14-2-3-14)10-20-26-11-16-6-9-19(32-22(16)28-20)21(30)27-18(12-29)15-4-7-17(8-5-15)31-23(24)25/h4-5,7-8,11,13-14,18-19,23,29H,2-3,6,9-10,12H2,1H3,(H,27,30)/t13-,18+,19-/m0/s1. The fourth-order valence-electron chi connectivity index (χ4n) is 3.96. The first-order chi connectivity index (χ1) is 15.4. The monoisotopic (exact) mass is 447 g/mol. The van der Waals surface area contributed by atoms with Crippen LogP contribution in [0.5, 0.6) is 11.6 Å². The van der Waals surface area contributed by atoms with Crippen molar-refractivity contribution in [1.82, 2.24) is 15.3 Å². The molecule has 172 valence electrons. The maximum atomic E-state index is 12.8. The molecule has 0 bridgehead atoms. The molecule has 3 atom stereocenters. The first kappa shape index (κ1) is 22.4. The van der Waals surface area contributed by atoms with Crippen molar-refractivity contribution in [3.8, 4) is 11.6 Å². The summed E-state index contributed by atoms with van der Waals surface area (Å²) in [5, 5.41) is 12.5. The topological polar surface area (TPSA) is 93.6 Å². The summed E-state index contributed by atoms with van der Waals surface area (Å²) in [6.07, 6.45) is 5.45. The molecule has 4 rings (SSSR count). The van der Waals surface area contributed by atoms with Gasteiger partial charge in [0.25, 0.3) is 5.91 Å². The Labute approximate surface area is 185 Å². The molecule has 0 saturated heterocycles. The minimum absolute atomic E-state index is 0.00507. The molecule has 2 N–H and O–H groups in total. The molecule has 2 aliphatic rings. The fourth-order valence-corrected chi connectivity index (χ4v) is 3.96. The molecule has 2 heterocycles. The van der Waals surface area contributed by atoms with E-state index in [1.165, 1.54) is 37.1 Å². The Kier molecular flexibility index (Phi) is 6.83. The molecule has 1 amide bonds. The first-order valence-electron chi connectivity index (χ1n) is 10.9. The van der Waals surface area contributed by atoms with Gasteiger partial charge >= 0.3 is 6.61 Å². The third-order valence-electron chi connectivity index (χ3n) is 6.03. The molecule has 2 aromatic rings. The highest BCUT2D eigenvalue weighted by Crippen LogP contribution is 2.38. The number of carbonyl (C=O) groups excluding carboxylic acids is 1. The summed E-state index contributed by atoms with van der Waals surface area (Å²) in [6.45, 7) is -1.06. The van der Waals surface area contributed by atoms with Crippen molar-refractivity contribution in [3.05, 3.63) is 47.4 Å². The lowest BCUT2D eigenvalue weighted by molar-refractivity contribution is -0.130. The zero-order valence-electron chi connectivity index (χ0n) is 17.8. The van der Waals surface area contributed by atoms with Gasteiger partial charge in [0.15, 0.2) is 6.10 Å². The number of hydrogen-bond acceptors (Lipinski definition) is 6. The molecule has 1 saturated carbocycles. The van der Waals surface area contributed by atoms with Gasteiger partial charge in [0.2, 0.25) is 5.88 Å². The van der Waals surface area contributed by atoms with Gasteiger partial charge < -0.3 is 19.9 Å². The van der Waals surface area contributed by atoms with Crippen LogP contribution in [0.25, 0.3) is 0 Å². The van der Waals surface area contributed by atoms with Crippen molar-refractivity contribution < 1.29 is 28.2 Å². The van der Waals surface area contributed by atoms with Gasteiger partial charge in [0, 0.05) is 18.2 Å². The third-order valence-corrected chi connectivity index (χ3v) is 6.03. The zero-order valence-corrected chi connectivity index (χ0v) is 17.8. The highest BCUT2D eigenvalue weighted by Gasteiger charge is 2.31. The van der Waals surface area contributed by atoms with Gasteiger partial charge in [-0.3, -0.25) is 4.79 Å². The Bertz CT molecular complexity index is 937. The molecule has 32 heavy (non-hydrogen) atoms. The number of aliphatic hydroxyl groups excluding tert-OH is 1. The highest BCUT2D eigenvalue weighted by atomic mass is 19.3. The average molecular weight is 447 g/mol. The molecule has 1 aliphatic heterocycles. The van der Waals surface area contributed by atoms with Crippen LogP contribution >= 0.6 is 0 Å². The smallest absolute Gasteiger partial charge is 0.387 e. The Balaban J connectivity index is 1.38. The van der Waals surface area contributed by atoms with Crippen LogP contribution in [0, 0.1) is 11.8 Å². The van der Waals surface area contributed by atoms with E-state index in [0.29, 0.717) is 30.2 Å². The summed E-state index contributed by atoms with van der Waals surface area (Å²) < 4.78 is 34.8. The number of benzene rings is 1. The van der Waals surface area contributed by atoms with E-state index < -0.39 is 18.8 Å². The first-order valence-corrected chi connectivity index (χ1v) is 10.9. The van der Waals surface area contributed by atoms with Gasteiger partial charge in [-0.2, -0.15) is 13.8 Å². The molecule has 7 nitrogen and oxygen atoms in total. The van der Waals surface area contributed by atoms with Crippen molar-refractivity contribution in [1.29, 1.82) is 0 Å². The second-order valence-corrected chi connectivity index (χ2v) is 8.47. The lowest BCUT2D eigenvalue weighted by atomic mass is 10.0. The minimum Gasteiger partial charge on any atom is -0.464 e. The Morgan fingerprint density at radius 3 is 2.69 bits per heavy atom. The van der Waals surface area contributed by atoms with Crippen LogP contribution in [0.1, 0.15) is 49.2 Å². The Hall–Kier alpha value is -2.81. The van der Waals surface area contributed by atoms with Gasteiger partial charge in [0.05, 0.1) is 12.6 Å². The number of aliphatic hydroxyl groups is 1. The van der Waals surface area contributed by atoms with Gasteiger partial charge in [0.1, 0.15) is 11.6 Å². The number of aromatic nitrogens is 2. The number of hydrogen-bond donors (Lipinski definition) is 2. The van der Waals surface area contributed by atoms with E-state index in [4.69, 9.17) is 4.74 Å². The van der Waals surface area contributed by atoms with Crippen LogP contribution in [-0.4, -0.2) is 40.3 Å². The summed E-state index contributed by atoms with van der Waals surface area (Å²) in [7, 11) is 0. The second kappa shape index (κ2) is 9.77. The van der Waals surface area contributed by atoms with Crippen LogP contribution in [0.15, 0.2) is 30.5 Å². The van der Waals surface area contributed by atoms with Crippen molar-refractivity contribution >= 4 is 5.91 Å². The molecule has 1 aromatic carbocycles. The van der Waals surface area contributed by atoms with E-state index >= 15 is 0 Å². The number of aryl methyl sites for hydroxylation is 1. The van der Waals surface area contributed by atoms with Gasteiger partial charge in [-0.05, 0) is 55.2 Å². The number of nitrogens with one attached hydrogen (secondary N) is 1. The van der Waals surface area contributed by atoms with Crippen LogP contribution in [-0.2, 0) is 17.6 Å². The average Bonchev–Trinajstić information content (AvgIpc) is 3.63. The lowest BCUT2D eigenvalue weighted by Gasteiger charge is -2.26. The number of rotatable bonds is 9. The molecular formula is C23H27F2N3O4. The Morgan fingerprint density at radius 2 is 2.03 bits per heavy atom. The third kappa shape index (κ3) is 5.51. The van der Waals surface area contributed by atoms with Crippen LogP contribution in [0.3, 0.4) is 0 Å².